The fourth-order valence-electron chi connectivity index (χ4n) is 3.15. The molecule has 0 radical (unpaired) electrons. The third-order valence-corrected chi connectivity index (χ3v) is 4.89. The summed E-state index contributed by atoms with van der Waals surface area (Å²) in [5.74, 6) is -0.0911. The maximum Gasteiger partial charge on any atom is 0.251 e. The molecule has 26 heavy (non-hydrogen) atoms. The van der Waals surface area contributed by atoms with E-state index in [2.05, 4.69) is 21.4 Å². The van der Waals surface area contributed by atoms with Crippen LogP contribution in [0.25, 0.3) is 5.52 Å². The van der Waals surface area contributed by atoms with E-state index >= 15 is 0 Å². The van der Waals surface area contributed by atoms with Gasteiger partial charge in [-0.2, -0.15) is 10.4 Å². The molecule has 2 unspecified atom stereocenters. The number of aromatic nitrogens is 2. The minimum Gasteiger partial charge on any atom is -0.364 e. The first kappa shape index (κ1) is 18.2. The van der Waals surface area contributed by atoms with Gasteiger partial charge in [-0.15, -0.1) is 0 Å². The number of nitriles is 1. The summed E-state index contributed by atoms with van der Waals surface area (Å²) >= 11 is 0. The molecule has 0 spiro atoms. The van der Waals surface area contributed by atoms with E-state index in [4.69, 9.17) is 4.74 Å². The molecule has 1 fully saturated rings. The number of morpholine rings is 1. The standard InChI is InChI=1S/C19H25N5O2/c1-5-19(3,4)22-18(25)17-12-23(11-13(2)26-17)15-7-6-14(10-20)24-16(15)8-9-21-24/h6-9,13,17H,5,11-12H2,1-4H3,(H,22,25). The number of ether oxygens (including phenoxy) is 1. The number of carbonyl (C=O) groups excluding carboxylic acids is 1. The molecule has 7 heteroatoms. The van der Waals surface area contributed by atoms with Crippen molar-refractivity contribution in [1.82, 2.24) is 14.9 Å². The number of nitrogens with zero attached hydrogens (tertiary/aromatic N) is 4. The highest BCUT2D eigenvalue weighted by atomic mass is 16.5. The van der Waals surface area contributed by atoms with Crippen molar-refractivity contribution in [2.45, 2.75) is 51.9 Å². The van der Waals surface area contributed by atoms with Crippen molar-refractivity contribution in [3.63, 3.8) is 0 Å². The van der Waals surface area contributed by atoms with E-state index in [9.17, 15) is 10.1 Å². The largest absolute Gasteiger partial charge is 0.364 e. The molecule has 0 saturated carbocycles. The van der Waals surface area contributed by atoms with E-state index in [-0.39, 0.29) is 17.6 Å². The summed E-state index contributed by atoms with van der Waals surface area (Å²) in [4.78, 5) is 14.8. The Labute approximate surface area is 153 Å². The number of rotatable bonds is 4. The smallest absolute Gasteiger partial charge is 0.251 e. The second-order valence-electron chi connectivity index (χ2n) is 7.41. The molecule has 0 bridgehead atoms. The predicted octanol–water partition coefficient (Wildman–Crippen LogP) is 2.10. The molecular weight excluding hydrogens is 330 g/mol. The van der Waals surface area contributed by atoms with Gasteiger partial charge in [0.1, 0.15) is 11.8 Å². The van der Waals surface area contributed by atoms with Gasteiger partial charge in [0.25, 0.3) is 5.91 Å². The normalized spacial score (nSPS) is 20.8. The Bertz CT molecular complexity index is 851. The van der Waals surface area contributed by atoms with Gasteiger partial charge in [-0.05, 0) is 45.4 Å². The molecule has 3 heterocycles. The first-order valence-corrected chi connectivity index (χ1v) is 8.94. The quantitative estimate of drug-likeness (QED) is 0.908. The average Bonchev–Trinajstić information content (AvgIpc) is 3.09. The molecule has 1 amide bonds. The Hall–Kier alpha value is -2.59. The molecule has 2 aromatic rings. The van der Waals surface area contributed by atoms with E-state index in [1.807, 2.05) is 39.8 Å². The van der Waals surface area contributed by atoms with Gasteiger partial charge in [0.05, 0.1) is 30.0 Å². The van der Waals surface area contributed by atoms with E-state index in [1.54, 1.807) is 16.8 Å². The van der Waals surface area contributed by atoms with Crippen LogP contribution in [-0.2, 0) is 9.53 Å². The SMILES string of the molecule is CCC(C)(C)NC(=O)C1CN(c2ccc(C#N)n3nccc23)CC(C)O1. The van der Waals surface area contributed by atoms with Crippen LogP contribution >= 0.6 is 0 Å². The number of carbonyl (C=O) groups is 1. The lowest BCUT2D eigenvalue weighted by Crippen LogP contribution is -2.56. The monoisotopic (exact) mass is 355 g/mol. The van der Waals surface area contributed by atoms with Crippen LogP contribution in [0.5, 0.6) is 0 Å². The third kappa shape index (κ3) is 3.51. The van der Waals surface area contributed by atoms with Crippen molar-refractivity contribution in [3.8, 4) is 6.07 Å². The Balaban J connectivity index is 1.87. The third-order valence-electron chi connectivity index (χ3n) is 4.89. The minimum atomic E-state index is -0.539. The molecule has 0 aromatic carbocycles. The molecule has 138 valence electrons. The molecule has 1 aliphatic heterocycles. The van der Waals surface area contributed by atoms with E-state index in [0.29, 0.717) is 18.8 Å². The zero-order valence-corrected chi connectivity index (χ0v) is 15.7. The minimum absolute atomic E-state index is 0.0807. The topological polar surface area (TPSA) is 82.7 Å². The summed E-state index contributed by atoms with van der Waals surface area (Å²) in [5, 5.41) is 16.5. The predicted molar refractivity (Wildman–Crippen MR) is 99.0 cm³/mol. The van der Waals surface area contributed by atoms with Gasteiger partial charge >= 0.3 is 0 Å². The number of hydrogen-bond donors (Lipinski definition) is 1. The Kier molecular flexibility index (Phi) is 4.88. The van der Waals surface area contributed by atoms with Crippen molar-refractivity contribution in [2.24, 2.45) is 0 Å². The number of amides is 1. The molecule has 1 saturated heterocycles. The maximum absolute atomic E-state index is 12.7. The van der Waals surface area contributed by atoms with Crippen molar-refractivity contribution in [1.29, 1.82) is 5.26 Å². The summed E-state index contributed by atoms with van der Waals surface area (Å²) in [6, 6.07) is 7.70. The Morgan fingerprint density at radius 2 is 2.19 bits per heavy atom. The van der Waals surface area contributed by atoms with Crippen LogP contribution in [0.3, 0.4) is 0 Å². The highest BCUT2D eigenvalue weighted by molar-refractivity contribution is 5.83. The van der Waals surface area contributed by atoms with Crippen LogP contribution in [0.15, 0.2) is 24.4 Å². The van der Waals surface area contributed by atoms with Gasteiger partial charge < -0.3 is 15.0 Å². The van der Waals surface area contributed by atoms with Crippen LogP contribution in [-0.4, -0.2) is 46.4 Å². The Morgan fingerprint density at radius 1 is 1.42 bits per heavy atom. The molecule has 1 aliphatic rings. The number of fused-ring (bicyclic) bond motifs is 1. The van der Waals surface area contributed by atoms with Crippen molar-refractivity contribution in [3.05, 3.63) is 30.1 Å². The number of anilines is 1. The van der Waals surface area contributed by atoms with Crippen molar-refractivity contribution >= 4 is 17.1 Å². The van der Waals surface area contributed by atoms with Crippen LogP contribution < -0.4 is 10.2 Å². The number of hydrogen-bond acceptors (Lipinski definition) is 5. The highest BCUT2D eigenvalue weighted by Gasteiger charge is 2.33. The highest BCUT2D eigenvalue weighted by Crippen LogP contribution is 2.26. The summed E-state index contributed by atoms with van der Waals surface area (Å²) < 4.78 is 7.53. The summed E-state index contributed by atoms with van der Waals surface area (Å²) in [7, 11) is 0. The molecule has 3 rings (SSSR count). The second-order valence-corrected chi connectivity index (χ2v) is 7.41. The van der Waals surface area contributed by atoms with Crippen LogP contribution in [0.2, 0.25) is 0 Å². The Morgan fingerprint density at radius 3 is 2.88 bits per heavy atom. The molecular formula is C19H25N5O2. The molecule has 0 aliphatic carbocycles. The van der Waals surface area contributed by atoms with E-state index in [1.165, 1.54) is 0 Å². The molecule has 7 nitrogen and oxygen atoms in total. The summed E-state index contributed by atoms with van der Waals surface area (Å²) in [6.07, 6.45) is 1.90. The van der Waals surface area contributed by atoms with Crippen molar-refractivity contribution in [2.75, 3.05) is 18.0 Å². The van der Waals surface area contributed by atoms with Crippen LogP contribution in [0.1, 0.15) is 39.8 Å². The molecule has 1 N–H and O–H groups in total. The lowest BCUT2D eigenvalue weighted by Gasteiger charge is -2.39. The fraction of sp³-hybridized carbons (Fsp3) is 0.526. The van der Waals surface area contributed by atoms with Gasteiger partial charge in [-0.1, -0.05) is 6.92 Å². The second kappa shape index (κ2) is 6.96. The summed E-state index contributed by atoms with van der Waals surface area (Å²) in [6.45, 7) is 9.16. The van der Waals surface area contributed by atoms with Gasteiger partial charge in [-0.25, -0.2) is 4.52 Å². The van der Waals surface area contributed by atoms with Crippen LogP contribution in [0, 0.1) is 11.3 Å². The zero-order valence-electron chi connectivity index (χ0n) is 15.7. The average molecular weight is 355 g/mol. The summed E-state index contributed by atoms with van der Waals surface area (Å²) in [5.41, 5.74) is 2.02. The van der Waals surface area contributed by atoms with E-state index < -0.39 is 6.10 Å². The number of nitrogens with one attached hydrogen (secondary N) is 1. The molecule has 2 atom stereocenters. The number of pyridine rings is 1. The van der Waals surface area contributed by atoms with Gasteiger partial charge in [0.15, 0.2) is 6.10 Å². The fourth-order valence-corrected chi connectivity index (χ4v) is 3.15. The van der Waals surface area contributed by atoms with Crippen LogP contribution in [0.4, 0.5) is 5.69 Å². The van der Waals surface area contributed by atoms with Gasteiger partial charge in [-0.3, -0.25) is 4.79 Å². The van der Waals surface area contributed by atoms with Gasteiger partial charge in [0, 0.05) is 12.1 Å². The first-order chi connectivity index (χ1) is 12.3. The van der Waals surface area contributed by atoms with E-state index in [0.717, 1.165) is 17.6 Å². The first-order valence-electron chi connectivity index (χ1n) is 8.94. The van der Waals surface area contributed by atoms with Crippen molar-refractivity contribution < 1.29 is 9.53 Å². The lowest BCUT2D eigenvalue weighted by molar-refractivity contribution is -0.139. The maximum atomic E-state index is 12.7. The molecule has 2 aromatic heterocycles. The lowest BCUT2D eigenvalue weighted by atomic mass is 10.0. The zero-order chi connectivity index (χ0) is 18.9. The van der Waals surface area contributed by atoms with Gasteiger partial charge in [0.2, 0.25) is 0 Å².